The molecule has 0 saturated heterocycles. The van der Waals surface area contributed by atoms with Crippen molar-refractivity contribution in [1.82, 2.24) is 0 Å². The fraction of sp³-hybridized carbons (Fsp3) is 0.0714. The van der Waals surface area contributed by atoms with Crippen molar-refractivity contribution >= 4 is 28.3 Å². The van der Waals surface area contributed by atoms with E-state index in [-0.39, 0.29) is 0 Å². The van der Waals surface area contributed by atoms with Gasteiger partial charge in [-0.05, 0) is 52.9 Å². The summed E-state index contributed by atoms with van der Waals surface area (Å²) >= 11 is 2.18. The van der Waals surface area contributed by atoms with E-state index in [9.17, 15) is 0 Å². The van der Waals surface area contributed by atoms with Gasteiger partial charge in [0.25, 0.3) is 0 Å². The average Bonchev–Trinajstić information content (AvgIpc) is 2.42. The number of nitrogens with zero attached hydrogens (tertiary/aromatic N) is 1. The molecule has 0 radical (unpaired) electrons. The molecule has 19 heavy (non-hydrogen) atoms. The first-order chi connectivity index (χ1) is 9.13. The summed E-state index contributed by atoms with van der Waals surface area (Å²) in [5.41, 5.74) is 6.96. The molecule has 96 valence electrons. The summed E-state index contributed by atoms with van der Waals surface area (Å²) in [4.78, 5) is 0. The predicted octanol–water partition coefficient (Wildman–Crippen LogP) is 3.55. The molecule has 0 atom stereocenters. The van der Waals surface area contributed by atoms with Crippen molar-refractivity contribution < 1.29 is 9.47 Å². The number of nitriles is 1. The van der Waals surface area contributed by atoms with Crippen LogP contribution in [-0.2, 0) is 0 Å². The highest BCUT2D eigenvalue weighted by atomic mass is 127. The lowest BCUT2D eigenvalue weighted by atomic mass is 10.2. The largest absolute Gasteiger partial charge is 0.493 e. The lowest BCUT2D eigenvalue weighted by Crippen LogP contribution is -1.95. The van der Waals surface area contributed by atoms with Crippen molar-refractivity contribution in [2.75, 3.05) is 12.8 Å². The van der Waals surface area contributed by atoms with E-state index < -0.39 is 0 Å². The number of ether oxygens (including phenoxy) is 2. The van der Waals surface area contributed by atoms with Crippen LogP contribution in [-0.4, -0.2) is 7.11 Å². The third-order valence-electron chi connectivity index (χ3n) is 2.48. The first kappa shape index (κ1) is 13.5. The zero-order chi connectivity index (χ0) is 13.8. The van der Waals surface area contributed by atoms with Gasteiger partial charge in [0.1, 0.15) is 0 Å². The van der Waals surface area contributed by atoms with Gasteiger partial charge >= 0.3 is 0 Å². The molecule has 5 heteroatoms. The van der Waals surface area contributed by atoms with Crippen LogP contribution in [0.5, 0.6) is 17.2 Å². The van der Waals surface area contributed by atoms with Crippen molar-refractivity contribution in [1.29, 1.82) is 5.26 Å². The van der Waals surface area contributed by atoms with Crippen LogP contribution in [0.4, 0.5) is 5.69 Å². The summed E-state index contributed by atoms with van der Waals surface area (Å²) in [7, 11) is 1.53. The Kier molecular flexibility index (Phi) is 4.12. The fourth-order valence-electron chi connectivity index (χ4n) is 1.55. The highest BCUT2D eigenvalue weighted by Crippen LogP contribution is 2.35. The summed E-state index contributed by atoms with van der Waals surface area (Å²) in [5, 5.41) is 8.85. The Morgan fingerprint density at radius 2 is 1.84 bits per heavy atom. The minimum Gasteiger partial charge on any atom is -0.493 e. The smallest absolute Gasteiger partial charge is 0.169 e. The molecule has 4 nitrogen and oxygen atoms in total. The van der Waals surface area contributed by atoms with Crippen molar-refractivity contribution in [2.45, 2.75) is 0 Å². The molecule has 2 N–H and O–H groups in total. The normalized spacial score (nSPS) is 9.74. The maximum Gasteiger partial charge on any atom is 0.169 e. The van der Waals surface area contributed by atoms with E-state index in [1.807, 2.05) is 12.1 Å². The Hall–Kier alpha value is -1.94. The number of rotatable bonds is 3. The summed E-state index contributed by atoms with van der Waals surface area (Å²) in [6.45, 7) is 0. The average molecular weight is 366 g/mol. The molecule has 0 fully saturated rings. The topological polar surface area (TPSA) is 68.3 Å². The maximum atomic E-state index is 8.85. The number of methoxy groups -OCH3 is 1. The van der Waals surface area contributed by atoms with Gasteiger partial charge in [0, 0.05) is 9.64 Å². The molecule has 0 aromatic heterocycles. The van der Waals surface area contributed by atoms with Crippen molar-refractivity contribution in [3.8, 4) is 23.3 Å². The zero-order valence-corrected chi connectivity index (χ0v) is 12.3. The minimum atomic E-state index is 0.497. The second-order valence-electron chi connectivity index (χ2n) is 3.76. The number of nitrogens with two attached hydrogens (primary N) is 1. The van der Waals surface area contributed by atoms with Crippen molar-refractivity contribution in [3.05, 3.63) is 45.5 Å². The lowest BCUT2D eigenvalue weighted by molar-refractivity contribution is 0.379. The summed E-state index contributed by atoms with van der Waals surface area (Å²) in [6, 6.07) is 12.6. The number of halogens is 1. The van der Waals surface area contributed by atoms with Gasteiger partial charge in [0.05, 0.1) is 24.4 Å². The lowest BCUT2D eigenvalue weighted by Gasteiger charge is -2.12. The first-order valence-electron chi connectivity index (χ1n) is 5.45. The molecule has 0 aliphatic carbocycles. The predicted molar refractivity (Wildman–Crippen MR) is 81.4 cm³/mol. The zero-order valence-electron chi connectivity index (χ0n) is 10.2. The van der Waals surface area contributed by atoms with Gasteiger partial charge in [-0.2, -0.15) is 5.26 Å². The minimum absolute atomic E-state index is 0.497. The first-order valence-corrected chi connectivity index (χ1v) is 6.53. The molecule has 2 rings (SSSR count). The van der Waals surface area contributed by atoms with E-state index in [1.165, 1.54) is 7.11 Å². The Labute approximate surface area is 124 Å². The van der Waals surface area contributed by atoms with Gasteiger partial charge in [0.2, 0.25) is 0 Å². The molecular formula is C14H11IN2O2. The number of anilines is 1. The maximum absolute atomic E-state index is 8.85. The molecule has 0 aliphatic rings. The van der Waals surface area contributed by atoms with Crippen LogP contribution in [0.25, 0.3) is 0 Å². The van der Waals surface area contributed by atoms with Gasteiger partial charge < -0.3 is 15.2 Å². The highest BCUT2D eigenvalue weighted by Gasteiger charge is 2.09. The van der Waals surface area contributed by atoms with Crippen LogP contribution in [0.15, 0.2) is 36.4 Å². The van der Waals surface area contributed by atoms with E-state index in [2.05, 4.69) is 28.7 Å². The van der Waals surface area contributed by atoms with Crippen LogP contribution >= 0.6 is 22.6 Å². The van der Waals surface area contributed by atoms with Crippen LogP contribution in [0.2, 0.25) is 0 Å². The molecule has 0 amide bonds. The van der Waals surface area contributed by atoms with E-state index in [4.69, 9.17) is 20.5 Å². The molecule has 0 spiro atoms. The standard InChI is InChI=1S/C14H11IN2O2/c1-18-14-6-9(8-16)2-4-13(14)19-12-5-3-10(15)7-11(12)17/h2-7H,17H2,1H3. The molecule has 0 heterocycles. The molecule has 2 aromatic carbocycles. The molecular weight excluding hydrogens is 355 g/mol. The Morgan fingerprint density at radius 3 is 2.47 bits per heavy atom. The number of benzene rings is 2. The van der Waals surface area contributed by atoms with E-state index in [0.29, 0.717) is 28.5 Å². The van der Waals surface area contributed by atoms with Gasteiger partial charge in [-0.3, -0.25) is 0 Å². The van der Waals surface area contributed by atoms with Crippen LogP contribution < -0.4 is 15.2 Å². The van der Waals surface area contributed by atoms with Gasteiger partial charge in [-0.25, -0.2) is 0 Å². The van der Waals surface area contributed by atoms with Crippen molar-refractivity contribution in [2.24, 2.45) is 0 Å². The summed E-state index contributed by atoms with van der Waals surface area (Å²) in [5.74, 6) is 1.58. The monoisotopic (exact) mass is 366 g/mol. The van der Waals surface area contributed by atoms with Gasteiger partial charge in [0.15, 0.2) is 17.2 Å². The van der Waals surface area contributed by atoms with Gasteiger partial charge in [-0.1, -0.05) is 0 Å². The Bertz CT molecular complexity index is 650. The summed E-state index contributed by atoms with van der Waals surface area (Å²) < 4.78 is 12.0. The third kappa shape index (κ3) is 3.09. The second kappa shape index (κ2) is 5.80. The molecule has 0 saturated carbocycles. The number of hydrogen-bond donors (Lipinski definition) is 1. The van der Waals surface area contributed by atoms with Crippen molar-refractivity contribution in [3.63, 3.8) is 0 Å². The Balaban J connectivity index is 2.35. The van der Waals surface area contributed by atoms with E-state index >= 15 is 0 Å². The van der Waals surface area contributed by atoms with Crippen LogP contribution in [0.1, 0.15) is 5.56 Å². The molecule has 2 aromatic rings. The van der Waals surface area contributed by atoms with E-state index in [0.717, 1.165) is 3.57 Å². The SMILES string of the molecule is COc1cc(C#N)ccc1Oc1ccc(I)cc1N. The molecule has 0 aliphatic heterocycles. The Morgan fingerprint density at radius 1 is 1.11 bits per heavy atom. The second-order valence-corrected chi connectivity index (χ2v) is 5.01. The fourth-order valence-corrected chi connectivity index (χ4v) is 2.07. The quantitative estimate of drug-likeness (QED) is 0.667. The van der Waals surface area contributed by atoms with Gasteiger partial charge in [-0.15, -0.1) is 0 Å². The highest BCUT2D eigenvalue weighted by molar-refractivity contribution is 14.1. The molecule has 0 bridgehead atoms. The summed E-state index contributed by atoms with van der Waals surface area (Å²) in [6.07, 6.45) is 0. The van der Waals surface area contributed by atoms with E-state index in [1.54, 1.807) is 24.3 Å². The van der Waals surface area contributed by atoms with Crippen LogP contribution in [0, 0.1) is 14.9 Å². The molecule has 0 unspecified atom stereocenters. The number of hydrogen-bond acceptors (Lipinski definition) is 4. The number of nitrogen functional groups attached to an aromatic ring is 1. The third-order valence-corrected chi connectivity index (χ3v) is 3.16. The van der Waals surface area contributed by atoms with Crippen LogP contribution in [0.3, 0.4) is 0 Å².